The second-order valence-corrected chi connectivity index (χ2v) is 7.97. The van der Waals surface area contributed by atoms with Crippen molar-refractivity contribution in [3.05, 3.63) is 53.1 Å². The number of fused-ring (bicyclic) bond motifs is 1. The quantitative estimate of drug-likeness (QED) is 0.649. The Bertz CT molecular complexity index is 919. The number of hydrogen-bond donors (Lipinski definition) is 1. The van der Waals surface area contributed by atoms with Crippen LogP contribution in [0.2, 0.25) is 0 Å². The zero-order chi connectivity index (χ0) is 22.4. The lowest BCUT2D eigenvalue weighted by molar-refractivity contribution is -0.150. The summed E-state index contributed by atoms with van der Waals surface area (Å²) < 4.78 is 21.7. The van der Waals surface area contributed by atoms with E-state index in [-0.39, 0.29) is 31.1 Å². The molecule has 7 heteroatoms. The summed E-state index contributed by atoms with van der Waals surface area (Å²) in [6.07, 6.45) is 0. The Hall–Kier alpha value is -3.22. The summed E-state index contributed by atoms with van der Waals surface area (Å²) in [6.45, 7) is 8.31. The zero-order valence-electron chi connectivity index (χ0n) is 18.4. The highest BCUT2D eigenvalue weighted by atomic mass is 16.6. The highest BCUT2D eigenvalue weighted by Gasteiger charge is 2.22. The smallest absolute Gasteiger partial charge is 0.344 e. The molecule has 0 unspecified atom stereocenters. The summed E-state index contributed by atoms with van der Waals surface area (Å²) in [7, 11) is 0. The Morgan fingerprint density at radius 3 is 2.32 bits per heavy atom. The summed E-state index contributed by atoms with van der Waals surface area (Å²) in [6, 6.07) is 11.1. The van der Waals surface area contributed by atoms with Crippen LogP contribution in [-0.4, -0.2) is 38.3 Å². The van der Waals surface area contributed by atoms with Crippen molar-refractivity contribution in [2.45, 2.75) is 33.7 Å². The largest absolute Gasteiger partial charge is 0.486 e. The molecule has 31 heavy (non-hydrogen) atoms. The number of ether oxygens (including phenoxy) is 4. The lowest BCUT2D eigenvalue weighted by Gasteiger charge is -2.25. The van der Waals surface area contributed by atoms with Crippen molar-refractivity contribution >= 4 is 11.9 Å². The van der Waals surface area contributed by atoms with Crippen LogP contribution < -0.4 is 19.5 Å². The van der Waals surface area contributed by atoms with Gasteiger partial charge in [0.05, 0.1) is 6.04 Å². The maximum Gasteiger partial charge on any atom is 0.344 e. The third-order valence-corrected chi connectivity index (χ3v) is 4.82. The van der Waals surface area contributed by atoms with Gasteiger partial charge in [0.2, 0.25) is 0 Å². The number of rotatable bonds is 8. The normalized spacial score (nSPS) is 13.5. The third kappa shape index (κ3) is 6.38. The van der Waals surface area contributed by atoms with E-state index in [1.807, 2.05) is 64.1 Å². The number of esters is 1. The van der Waals surface area contributed by atoms with E-state index < -0.39 is 5.97 Å². The molecule has 1 N–H and O–H groups in total. The van der Waals surface area contributed by atoms with Gasteiger partial charge in [0.15, 0.2) is 24.7 Å². The van der Waals surface area contributed by atoms with Crippen LogP contribution >= 0.6 is 0 Å². The van der Waals surface area contributed by atoms with Crippen molar-refractivity contribution in [2.75, 3.05) is 26.4 Å². The van der Waals surface area contributed by atoms with E-state index in [1.54, 1.807) is 0 Å². The fourth-order valence-corrected chi connectivity index (χ4v) is 3.45. The van der Waals surface area contributed by atoms with Gasteiger partial charge in [0.1, 0.15) is 19.0 Å². The van der Waals surface area contributed by atoms with E-state index in [0.717, 1.165) is 16.7 Å². The summed E-state index contributed by atoms with van der Waals surface area (Å²) in [4.78, 5) is 24.4. The van der Waals surface area contributed by atoms with E-state index in [0.29, 0.717) is 30.5 Å². The molecule has 0 radical (unpaired) electrons. The molecular weight excluding hydrogens is 398 g/mol. The Balaban J connectivity index is 1.51. The number of amides is 1. The average Bonchev–Trinajstić information content (AvgIpc) is 2.73. The SMILES string of the molecule is Cc1cc(C)cc(OCC(=O)OCC(=O)N[C@@H](c2ccc3c(c2)OCCO3)C(C)C)c1. The van der Waals surface area contributed by atoms with Crippen LogP contribution in [-0.2, 0) is 14.3 Å². The molecule has 2 aromatic carbocycles. The molecule has 0 fully saturated rings. The van der Waals surface area contributed by atoms with Gasteiger partial charge in [0.25, 0.3) is 5.91 Å². The molecule has 1 amide bonds. The molecule has 0 spiro atoms. The fraction of sp³-hybridized carbons (Fsp3) is 0.417. The Morgan fingerprint density at radius 2 is 1.65 bits per heavy atom. The number of aryl methyl sites for hydroxylation is 2. The highest BCUT2D eigenvalue weighted by molar-refractivity contribution is 5.81. The van der Waals surface area contributed by atoms with E-state index in [4.69, 9.17) is 18.9 Å². The first-order valence-corrected chi connectivity index (χ1v) is 10.4. The van der Waals surface area contributed by atoms with Crippen molar-refractivity contribution < 1.29 is 28.5 Å². The van der Waals surface area contributed by atoms with Crippen LogP contribution in [0, 0.1) is 19.8 Å². The van der Waals surface area contributed by atoms with E-state index in [2.05, 4.69) is 5.32 Å². The maximum atomic E-state index is 12.4. The minimum Gasteiger partial charge on any atom is -0.486 e. The second-order valence-electron chi connectivity index (χ2n) is 7.97. The highest BCUT2D eigenvalue weighted by Crippen LogP contribution is 2.34. The first kappa shape index (κ1) is 22.5. The first-order chi connectivity index (χ1) is 14.8. The molecule has 0 saturated heterocycles. The maximum absolute atomic E-state index is 12.4. The van der Waals surface area contributed by atoms with Crippen molar-refractivity contribution in [1.29, 1.82) is 0 Å². The minimum absolute atomic E-state index is 0.120. The number of hydrogen-bond acceptors (Lipinski definition) is 6. The van der Waals surface area contributed by atoms with Crippen LogP contribution in [0.1, 0.15) is 36.6 Å². The summed E-state index contributed by atoms with van der Waals surface area (Å²) >= 11 is 0. The lowest BCUT2D eigenvalue weighted by Crippen LogP contribution is -2.35. The molecule has 0 saturated carbocycles. The van der Waals surface area contributed by atoms with Gasteiger partial charge in [0, 0.05) is 0 Å². The predicted molar refractivity (Wildman–Crippen MR) is 116 cm³/mol. The lowest BCUT2D eigenvalue weighted by atomic mass is 9.95. The Labute approximate surface area is 182 Å². The van der Waals surface area contributed by atoms with Crippen LogP contribution in [0.25, 0.3) is 0 Å². The van der Waals surface area contributed by atoms with Crippen LogP contribution in [0.15, 0.2) is 36.4 Å². The zero-order valence-corrected chi connectivity index (χ0v) is 18.4. The summed E-state index contributed by atoms with van der Waals surface area (Å²) in [5.41, 5.74) is 2.99. The van der Waals surface area contributed by atoms with Crippen molar-refractivity contribution in [3.63, 3.8) is 0 Å². The third-order valence-electron chi connectivity index (χ3n) is 4.82. The van der Waals surface area contributed by atoms with E-state index in [1.165, 1.54) is 0 Å². The standard InChI is InChI=1S/C24H29NO6/c1-15(2)24(18-5-6-20-21(12-18)29-8-7-28-20)25-22(26)13-31-23(27)14-30-19-10-16(3)9-17(4)11-19/h5-6,9-12,15,24H,7-8,13-14H2,1-4H3,(H,25,26)/t24-/m1/s1. The van der Waals surface area contributed by atoms with Crippen molar-refractivity contribution in [2.24, 2.45) is 5.92 Å². The molecule has 1 aliphatic heterocycles. The van der Waals surface area contributed by atoms with Gasteiger partial charge in [-0.05, 0) is 60.7 Å². The molecule has 0 aromatic heterocycles. The Kier molecular flexibility index (Phi) is 7.39. The molecule has 3 rings (SSSR count). The topological polar surface area (TPSA) is 83.1 Å². The second kappa shape index (κ2) is 10.2. The first-order valence-electron chi connectivity index (χ1n) is 10.4. The molecule has 166 valence electrons. The molecule has 0 aliphatic carbocycles. The van der Waals surface area contributed by atoms with Gasteiger partial charge in [-0.25, -0.2) is 4.79 Å². The molecule has 0 bridgehead atoms. The van der Waals surface area contributed by atoms with Crippen LogP contribution in [0.3, 0.4) is 0 Å². The minimum atomic E-state index is -0.602. The average molecular weight is 427 g/mol. The number of carbonyl (C=O) groups is 2. The molecule has 1 atom stereocenters. The van der Waals surface area contributed by atoms with E-state index in [9.17, 15) is 9.59 Å². The monoisotopic (exact) mass is 427 g/mol. The molecular formula is C24H29NO6. The van der Waals surface area contributed by atoms with Gasteiger partial charge in [-0.3, -0.25) is 4.79 Å². The van der Waals surface area contributed by atoms with Gasteiger partial charge in [-0.1, -0.05) is 26.0 Å². The summed E-state index contributed by atoms with van der Waals surface area (Å²) in [5.74, 6) is 1.09. The fourth-order valence-electron chi connectivity index (χ4n) is 3.45. The van der Waals surface area contributed by atoms with Gasteiger partial charge in [-0.15, -0.1) is 0 Å². The van der Waals surface area contributed by atoms with Crippen molar-refractivity contribution in [3.8, 4) is 17.2 Å². The summed E-state index contributed by atoms with van der Waals surface area (Å²) in [5, 5.41) is 2.93. The van der Waals surface area contributed by atoms with Crippen molar-refractivity contribution in [1.82, 2.24) is 5.32 Å². The predicted octanol–water partition coefficient (Wildman–Crippen LogP) is 3.51. The van der Waals surface area contributed by atoms with E-state index >= 15 is 0 Å². The number of nitrogens with one attached hydrogen (secondary N) is 1. The van der Waals surface area contributed by atoms with Gasteiger partial charge in [-0.2, -0.15) is 0 Å². The molecule has 7 nitrogen and oxygen atoms in total. The number of carbonyl (C=O) groups excluding carboxylic acids is 2. The van der Waals surface area contributed by atoms with Gasteiger partial charge >= 0.3 is 5.97 Å². The molecule has 1 heterocycles. The van der Waals surface area contributed by atoms with Crippen LogP contribution in [0.4, 0.5) is 0 Å². The number of benzene rings is 2. The molecule has 1 aliphatic rings. The van der Waals surface area contributed by atoms with Gasteiger partial charge < -0.3 is 24.3 Å². The molecule has 2 aromatic rings. The Morgan fingerprint density at radius 1 is 0.968 bits per heavy atom. The van der Waals surface area contributed by atoms with Crippen LogP contribution in [0.5, 0.6) is 17.2 Å².